The lowest BCUT2D eigenvalue weighted by Gasteiger charge is -2.33. The predicted octanol–water partition coefficient (Wildman–Crippen LogP) is 4.61. The second-order valence-corrected chi connectivity index (χ2v) is 10.8. The zero-order chi connectivity index (χ0) is 29.8. The first-order valence-electron chi connectivity index (χ1n) is 14.2. The van der Waals surface area contributed by atoms with Gasteiger partial charge in [-0.15, -0.1) is 10.2 Å². The fourth-order valence-corrected chi connectivity index (χ4v) is 5.52. The molecule has 0 radical (unpaired) electrons. The van der Waals surface area contributed by atoms with Gasteiger partial charge >= 0.3 is 0 Å². The minimum absolute atomic E-state index is 0.0457. The molecule has 3 aromatic carbocycles. The molecule has 2 aliphatic rings. The van der Waals surface area contributed by atoms with Gasteiger partial charge in [0.15, 0.2) is 11.5 Å². The number of tetrazole rings is 1. The molecule has 1 atom stereocenters. The number of nitrogens with one attached hydrogen (secondary N) is 1. The molecule has 1 N–H and O–H groups in total. The van der Waals surface area contributed by atoms with Crippen molar-refractivity contribution >= 4 is 29.1 Å². The first-order chi connectivity index (χ1) is 21.0. The molecule has 1 fully saturated rings. The monoisotopic (exact) mass is 602 g/mol. The highest BCUT2D eigenvalue weighted by atomic mass is 35.5. The van der Waals surface area contributed by atoms with Crippen molar-refractivity contribution in [3.05, 3.63) is 77.3 Å². The molecule has 0 spiro atoms. The third kappa shape index (κ3) is 6.41. The van der Waals surface area contributed by atoms with Crippen LogP contribution in [0.5, 0.6) is 17.2 Å². The number of fused-ring (bicyclic) bond motifs is 1. The van der Waals surface area contributed by atoms with Gasteiger partial charge in [-0.2, -0.15) is 4.80 Å². The summed E-state index contributed by atoms with van der Waals surface area (Å²) in [6, 6.07) is 18.4. The number of hydrogen-bond acceptors (Lipinski definition) is 8. The van der Waals surface area contributed by atoms with Crippen molar-refractivity contribution in [2.45, 2.75) is 44.3 Å². The van der Waals surface area contributed by atoms with Crippen molar-refractivity contribution in [2.24, 2.45) is 0 Å². The van der Waals surface area contributed by atoms with Gasteiger partial charge in [0, 0.05) is 28.4 Å². The molecule has 11 nitrogen and oxygen atoms in total. The SMILES string of the molecule is COc1ccc(C(C(=O)NC2CCCC2)N(C(=O)Cn2nnc(-c3ccc(Cl)cc3)n2)c2ccc3c(c2)OCCO3)cc1. The van der Waals surface area contributed by atoms with E-state index in [9.17, 15) is 9.59 Å². The van der Waals surface area contributed by atoms with E-state index in [0.29, 0.717) is 58.1 Å². The maximum atomic E-state index is 14.3. The standard InChI is InChI=1S/C31H31ClN6O5/c1-41-25-13-8-20(9-14-25)29(31(40)33-23-4-2-3-5-23)38(24-12-15-26-27(18-24)43-17-16-42-26)28(39)19-37-35-30(34-36-37)21-6-10-22(32)11-7-21/h6-15,18,23,29H,2-5,16-17,19H2,1H3,(H,33,40). The van der Waals surface area contributed by atoms with Crippen LogP contribution >= 0.6 is 11.6 Å². The van der Waals surface area contributed by atoms with Gasteiger partial charge in [0.1, 0.15) is 31.5 Å². The number of benzene rings is 3. The second-order valence-electron chi connectivity index (χ2n) is 10.4. The van der Waals surface area contributed by atoms with E-state index in [1.807, 2.05) is 0 Å². The van der Waals surface area contributed by atoms with Crippen LogP contribution in [0.25, 0.3) is 11.4 Å². The Hall–Kier alpha value is -4.64. The fraction of sp³-hybridized carbons (Fsp3) is 0.323. The molecule has 1 saturated carbocycles. The van der Waals surface area contributed by atoms with Crippen LogP contribution in [0.15, 0.2) is 66.7 Å². The van der Waals surface area contributed by atoms with Gasteiger partial charge in [-0.25, -0.2) is 0 Å². The van der Waals surface area contributed by atoms with Crippen LogP contribution in [-0.4, -0.2) is 58.4 Å². The molecular weight excluding hydrogens is 572 g/mol. The number of nitrogens with zero attached hydrogens (tertiary/aromatic N) is 5. The Bertz CT molecular complexity index is 1590. The highest BCUT2D eigenvalue weighted by molar-refractivity contribution is 6.30. The van der Waals surface area contributed by atoms with E-state index in [1.54, 1.807) is 73.8 Å². The first kappa shape index (κ1) is 28.5. The zero-order valence-corrected chi connectivity index (χ0v) is 24.4. The number of anilines is 1. The van der Waals surface area contributed by atoms with Gasteiger partial charge in [-0.05, 0) is 72.1 Å². The maximum absolute atomic E-state index is 14.3. The molecule has 12 heteroatoms. The molecule has 222 valence electrons. The van der Waals surface area contributed by atoms with Crippen molar-refractivity contribution < 1.29 is 23.8 Å². The van der Waals surface area contributed by atoms with E-state index >= 15 is 0 Å². The molecule has 4 aromatic rings. The van der Waals surface area contributed by atoms with Gasteiger partial charge < -0.3 is 19.5 Å². The van der Waals surface area contributed by atoms with Crippen molar-refractivity contribution in [1.29, 1.82) is 0 Å². The largest absolute Gasteiger partial charge is 0.497 e. The average Bonchev–Trinajstić information content (AvgIpc) is 3.72. The smallest absolute Gasteiger partial charge is 0.251 e. The van der Waals surface area contributed by atoms with Crippen molar-refractivity contribution in [3.8, 4) is 28.6 Å². The summed E-state index contributed by atoms with van der Waals surface area (Å²) in [5, 5.41) is 16.4. The first-order valence-corrected chi connectivity index (χ1v) is 14.6. The minimum atomic E-state index is -0.999. The van der Waals surface area contributed by atoms with Crippen LogP contribution in [-0.2, 0) is 16.1 Å². The van der Waals surface area contributed by atoms with Gasteiger partial charge in [0.05, 0.1) is 7.11 Å². The summed E-state index contributed by atoms with van der Waals surface area (Å²) in [6.45, 7) is 0.546. The van der Waals surface area contributed by atoms with E-state index in [0.717, 1.165) is 25.7 Å². The lowest BCUT2D eigenvalue weighted by Crippen LogP contribution is -2.47. The molecule has 1 unspecified atom stereocenters. The molecule has 43 heavy (non-hydrogen) atoms. The van der Waals surface area contributed by atoms with E-state index in [2.05, 4.69) is 20.7 Å². The molecule has 6 rings (SSSR count). The number of amides is 2. The summed E-state index contributed by atoms with van der Waals surface area (Å²) in [7, 11) is 1.58. The molecule has 1 aliphatic carbocycles. The molecule has 0 saturated heterocycles. The van der Waals surface area contributed by atoms with E-state index in [4.69, 9.17) is 25.8 Å². The Kier molecular flexibility index (Phi) is 8.41. The van der Waals surface area contributed by atoms with Crippen molar-refractivity contribution in [3.63, 3.8) is 0 Å². The normalized spacial score (nSPS) is 15.1. The number of methoxy groups -OCH3 is 1. The number of aromatic nitrogens is 4. The predicted molar refractivity (Wildman–Crippen MR) is 159 cm³/mol. The summed E-state index contributed by atoms with van der Waals surface area (Å²) in [4.78, 5) is 31.0. The number of carbonyl (C=O) groups excluding carboxylic acids is 2. The van der Waals surface area contributed by atoms with Crippen LogP contribution < -0.4 is 24.4 Å². The van der Waals surface area contributed by atoms with E-state index < -0.39 is 11.9 Å². The van der Waals surface area contributed by atoms with Gasteiger partial charge in [0.25, 0.3) is 5.91 Å². The zero-order valence-electron chi connectivity index (χ0n) is 23.6. The molecular formula is C31H31ClN6O5. The Morgan fingerprint density at radius 1 is 1.02 bits per heavy atom. The van der Waals surface area contributed by atoms with Gasteiger partial charge in [0.2, 0.25) is 11.7 Å². The third-order valence-corrected chi connectivity index (χ3v) is 7.80. The number of carbonyl (C=O) groups is 2. The number of hydrogen-bond donors (Lipinski definition) is 1. The Balaban J connectivity index is 1.38. The highest BCUT2D eigenvalue weighted by Crippen LogP contribution is 2.38. The Morgan fingerprint density at radius 2 is 1.74 bits per heavy atom. The lowest BCUT2D eigenvalue weighted by molar-refractivity contribution is -0.127. The molecule has 1 aromatic heterocycles. The third-order valence-electron chi connectivity index (χ3n) is 7.54. The fourth-order valence-electron chi connectivity index (χ4n) is 5.40. The van der Waals surface area contributed by atoms with Crippen molar-refractivity contribution in [1.82, 2.24) is 25.5 Å². The maximum Gasteiger partial charge on any atom is 0.251 e. The molecule has 2 amide bonds. The molecule has 0 bridgehead atoms. The topological polar surface area (TPSA) is 121 Å². The van der Waals surface area contributed by atoms with E-state index in [1.165, 1.54) is 9.70 Å². The van der Waals surface area contributed by atoms with Crippen LogP contribution in [0.4, 0.5) is 5.69 Å². The number of rotatable bonds is 9. The van der Waals surface area contributed by atoms with Gasteiger partial charge in [-0.3, -0.25) is 14.5 Å². The summed E-state index contributed by atoms with van der Waals surface area (Å²) < 4.78 is 16.9. The molecule has 1 aliphatic heterocycles. The lowest BCUT2D eigenvalue weighted by atomic mass is 10.0. The second kappa shape index (κ2) is 12.7. The quantitative estimate of drug-likeness (QED) is 0.295. The number of halogens is 1. The van der Waals surface area contributed by atoms with Crippen LogP contribution in [0.2, 0.25) is 5.02 Å². The van der Waals surface area contributed by atoms with Crippen LogP contribution in [0, 0.1) is 0 Å². The minimum Gasteiger partial charge on any atom is -0.497 e. The van der Waals surface area contributed by atoms with Crippen LogP contribution in [0.1, 0.15) is 37.3 Å². The Morgan fingerprint density at radius 3 is 2.47 bits per heavy atom. The Labute approximate surface area is 253 Å². The molecule has 2 heterocycles. The van der Waals surface area contributed by atoms with Crippen molar-refractivity contribution in [2.75, 3.05) is 25.2 Å². The van der Waals surface area contributed by atoms with Gasteiger partial charge in [-0.1, -0.05) is 36.6 Å². The average molecular weight is 603 g/mol. The van der Waals surface area contributed by atoms with Crippen LogP contribution in [0.3, 0.4) is 0 Å². The highest BCUT2D eigenvalue weighted by Gasteiger charge is 2.35. The summed E-state index contributed by atoms with van der Waals surface area (Å²) in [5.41, 5.74) is 1.79. The summed E-state index contributed by atoms with van der Waals surface area (Å²) >= 11 is 6.02. The number of ether oxygens (including phenoxy) is 3. The summed E-state index contributed by atoms with van der Waals surface area (Å²) in [6.07, 6.45) is 3.90. The van der Waals surface area contributed by atoms with E-state index in [-0.39, 0.29) is 18.5 Å². The summed E-state index contributed by atoms with van der Waals surface area (Å²) in [5.74, 6) is 1.35.